The number of nitrogens with zero attached hydrogens (tertiary/aromatic N) is 1. The largest absolute Gasteiger partial charge is 0.392 e. The molecule has 6 rings (SSSR count). The third kappa shape index (κ3) is 6.48. The minimum Gasteiger partial charge on any atom is -0.392 e. The Morgan fingerprint density at radius 1 is 0.750 bits per heavy atom. The summed E-state index contributed by atoms with van der Waals surface area (Å²) in [5.41, 5.74) is 13.5. The Kier molecular flexibility index (Phi) is 9.22. The van der Waals surface area contributed by atoms with Crippen molar-refractivity contribution < 1.29 is 14.6 Å². The van der Waals surface area contributed by atoms with Crippen LogP contribution in [0.25, 0.3) is 21.9 Å². The summed E-state index contributed by atoms with van der Waals surface area (Å²) in [5.74, 6) is 0.0990. The van der Waals surface area contributed by atoms with Crippen LogP contribution in [-0.2, 0) is 22.6 Å². The molecule has 0 amide bonds. The highest BCUT2D eigenvalue weighted by Gasteiger charge is 2.39. The maximum absolute atomic E-state index is 9.62. The standard InChI is InChI=1S/C39H42N2O3/c1-26-37(24-41(3)27(2)32-19-18-30-9-4-5-10-34(30)21-32)43-39(44-38(26)31-16-14-28(25-42)15-17-31)36-13-7-12-35(22-36)33-11-6-8-29(20-33)23-40/h4-22,26-27,37-39,42H,23-25,40H2,1-3H3/t26-,27-,37+,38+,39+/m1/s1. The van der Waals surface area contributed by atoms with Crippen LogP contribution in [-0.4, -0.2) is 29.7 Å². The topological polar surface area (TPSA) is 68.0 Å². The summed E-state index contributed by atoms with van der Waals surface area (Å²) in [6.07, 6.45) is -0.769. The Balaban J connectivity index is 1.29. The van der Waals surface area contributed by atoms with E-state index in [4.69, 9.17) is 15.2 Å². The minimum atomic E-state index is -0.527. The van der Waals surface area contributed by atoms with Gasteiger partial charge < -0.3 is 20.3 Å². The normalized spacial score (nSPS) is 21.0. The van der Waals surface area contributed by atoms with E-state index in [0.29, 0.717) is 6.54 Å². The Hall–Kier alpha value is -3.84. The predicted molar refractivity (Wildman–Crippen MR) is 178 cm³/mol. The van der Waals surface area contributed by atoms with Crippen molar-refractivity contribution in [3.8, 4) is 11.1 Å². The Labute approximate surface area is 260 Å². The molecule has 226 valence electrons. The van der Waals surface area contributed by atoms with Crippen LogP contribution in [0, 0.1) is 5.92 Å². The molecule has 5 aromatic rings. The third-order valence-electron chi connectivity index (χ3n) is 9.16. The lowest BCUT2D eigenvalue weighted by atomic mass is 9.89. The first-order chi connectivity index (χ1) is 21.4. The Morgan fingerprint density at radius 2 is 1.48 bits per heavy atom. The van der Waals surface area contributed by atoms with Crippen molar-refractivity contribution in [2.75, 3.05) is 13.6 Å². The van der Waals surface area contributed by atoms with Crippen LogP contribution in [0.5, 0.6) is 0 Å². The summed E-state index contributed by atoms with van der Waals surface area (Å²) in [7, 11) is 2.18. The molecule has 5 heteroatoms. The van der Waals surface area contributed by atoms with Gasteiger partial charge in [0.1, 0.15) is 0 Å². The first kappa shape index (κ1) is 30.2. The number of nitrogens with two attached hydrogens (primary N) is 1. The average Bonchev–Trinajstić information content (AvgIpc) is 3.08. The van der Waals surface area contributed by atoms with E-state index in [1.54, 1.807) is 0 Å². The second kappa shape index (κ2) is 13.4. The number of hydrogen-bond acceptors (Lipinski definition) is 5. The summed E-state index contributed by atoms with van der Waals surface area (Å²) in [6, 6.07) is 40.3. The molecule has 0 bridgehead atoms. The number of aliphatic hydroxyl groups is 1. The minimum absolute atomic E-state index is 0.0192. The highest BCUT2D eigenvalue weighted by molar-refractivity contribution is 5.83. The molecule has 3 N–H and O–H groups in total. The fraction of sp³-hybridized carbons (Fsp3) is 0.282. The van der Waals surface area contributed by atoms with E-state index in [0.717, 1.165) is 39.9 Å². The summed E-state index contributed by atoms with van der Waals surface area (Å²) in [6.45, 7) is 5.75. The smallest absolute Gasteiger partial charge is 0.184 e. The molecular formula is C39H42N2O3. The van der Waals surface area contributed by atoms with Crippen molar-refractivity contribution in [3.63, 3.8) is 0 Å². The molecule has 0 aromatic heterocycles. The molecule has 1 aliphatic rings. The molecule has 0 unspecified atom stereocenters. The van der Waals surface area contributed by atoms with E-state index >= 15 is 0 Å². The molecule has 1 fully saturated rings. The van der Waals surface area contributed by atoms with Crippen molar-refractivity contribution >= 4 is 10.8 Å². The summed E-state index contributed by atoms with van der Waals surface area (Å²) in [4.78, 5) is 2.38. The maximum atomic E-state index is 9.62. The SMILES string of the molecule is C[C@@H]1[C@H](CN(C)[C@H](C)c2ccc3ccccc3c2)O[C@H](c2cccc(-c3cccc(CN)c3)c2)O[C@@H]1c1ccc(CO)cc1. The van der Waals surface area contributed by atoms with Crippen molar-refractivity contribution in [1.82, 2.24) is 4.90 Å². The van der Waals surface area contributed by atoms with Gasteiger partial charge >= 0.3 is 0 Å². The number of ether oxygens (including phenoxy) is 2. The summed E-state index contributed by atoms with van der Waals surface area (Å²) >= 11 is 0. The van der Waals surface area contributed by atoms with Gasteiger partial charge in [-0.1, -0.05) is 104 Å². The number of hydrogen-bond donors (Lipinski definition) is 2. The van der Waals surface area contributed by atoms with Crippen molar-refractivity contribution in [3.05, 3.63) is 143 Å². The molecule has 5 aromatic carbocycles. The molecule has 0 spiro atoms. The molecular weight excluding hydrogens is 544 g/mol. The van der Waals surface area contributed by atoms with Crippen LogP contribution in [0.4, 0.5) is 0 Å². The molecule has 5 atom stereocenters. The van der Waals surface area contributed by atoms with Gasteiger partial charge in [-0.25, -0.2) is 0 Å². The molecule has 0 saturated carbocycles. The van der Waals surface area contributed by atoms with Gasteiger partial charge in [-0.15, -0.1) is 0 Å². The molecule has 1 aliphatic heterocycles. The highest BCUT2D eigenvalue weighted by Crippen LogP contribution is 2.43. The fourth-order valence-electron chi connectivity index (χ4n) is 6.23. The van der Waals surface area contributed by atoms with E-state index in [2.05, 4.69) is 123 Å². The molecule has 44 heavy (non-hydrogen) atoms. The molecule has 1 saturated heterocycles. The lowest BCUT2D eigenvalue weighted by Crippen LogP contribution is -2.44. The van der Waals surface area contributed by atoms with Gasteiger partial charge in [0.2, 0.25) is 0 Å². The van der Waals surface area contributed by atoms with Gasteiger partial charge in [-0.2, -0.15) is 0 Å². The van der Waals surface area contributed by atoms with E-state index in [9.17, 15) is 5.11 Å². The summed E-state index contributed by atoms with van der Waals surface area (Å²) in [5, 5.41) is 12.1. The zero-order valence-electron chi connectivity index (χ0n) is 25.8. The summed E-state index contributed by atoms with van der Waals surface area (Å²) < 4.78 is 13.6. The number of benzene rings is 5. The first-order valence-corrected chi connectivity index (χ1v) is 15.5. The van der Waals surface area contributed by atoms with Gasteiger partial charge in [-0.05, 0) is 76.3 Å². The van der Waals surface area contributed by atoms with Crippen molar-refractivity contribution in [2.24, 2.45) is 11.7 Å². The van der Waals surface area contributed by atoms with Crippen LogP contribution < -0.4 is 5.73 Å². The van der Waals surface area contributed by atoms with Gasteiger partial charge in [0.05, 0.1) is 18.8 Å². The average molecular weight is 587 g/mol. The molecule has 5 nitrogen and oxygen atoms in total. The van der Waals surface area contributed by atoms with Gasteiger partial charge in [0, 0.05) is 30.6 Å². The zero-order valence-corrected chi connectivity index (χ0v) is 25.8. The first-order valence-electron chi connectivity index (χ1n) is 15.5. The van der Waals surface area contributed by atoms with Gasteiger partial charge in [-0.3, -0.25) is 4.90 Å². The second-order valence-corrected chi connectivity index (χ2v) is 12.1. The molecule has 0 aliphatic carbocycles. The van der Waals surface area contributed by atoms with Crippen LogP contribution >= 0.6 is 0 Å². The van der Waals surface area contributed by atoms with Crippen LogP contribution in [0.2, 0.25) is 0 Å². The number of fused-ring (bicyclic) bond motifs is 1. The van der Waals surface area contributed by atoms with E-state index < -0.39 is 6.29 Å². The highest BCUT2D eigenvalue weighted by atomic mass is 16.7. The number of likely N-dealkylation sites (N-methyl/N-ethyl adjacent to an activating group) is 1. The molecule has 1 heterocycles. The van der Waals surface area contributed by atoms with Crippen molar-refractivity contribution in [1.29, 1.82) is 0 Å². The zero-order chi connectivity index (χ0) is 30.6. The Morgan fingerprint density at radius 3 is 2.23 bits per heavy atom. The van der Waals surface area contributed by atoms with E-state index in [-0.39, 0.29) is 30.8 Å². The van der Waals surface area contributed by atoms with Gasteiger partial charge in [0.25, 0.3) is 0 Å². The predicted octanol–water partition coefficient (Wildman–Crippen LogP) is 7.94. The number of aliphatic hydroxyl groups excluding tert-OH is 1. The van der Waals surface area contributed by atoms with Crippen LogP contribution in [0.15, 0.2) is 115 Å². The maximum Gasteiger partial charge on any atom is 0.184 e. The lowest BCUT2D eigenvalue weighted by molar-refractivity contribution is -0.276. The fourth-order valence-corrected chi connectivity index (χ4v) is 6.23. The number of rotatable bonds is 9. The van der Waals surface area contributed by atoms with Crippen LogP contribution in [0.1, 0.15) is 60.1 Å². The van der Waals surface area contributed by atoms with Crippen molar-refractivity contribution in [2.45, 2.75) is 51.5 Å². The van der Waals surface area contributed by atoms with E-state index in [1.165, 1.54) is 16.3 Å². The van der Waals surface area contributed by atoms with Gasteiger partial charge in [0.15, 0.2) is 6.29 Å². The quantitative estimate of drug-likeness (QED) is 0.184. The second-order valence-electron chi connectivity index (χ2n) is 12.1. The van der Waals surface area contributed by atoms with E-state index in [1.807, 2.05) is 18.2 Å². The third-order valence-corrected chi connectivity index (χ3v) is 9.16. The van der Waals surface area contributed by atoms with Crippen LogP contribution in [0.3, 0.4) is 0 Å². The lowest BCUT2D eigenvalue weighted by Gasteiger charge is -2.43. The Bertz CT molecular complexity index is 1700. The monoisotopic (exact) mass is 586 g/mol. The molecule has 0 radical (unpaired) electrons.